The molecule has 166 valence electrons. The van der Waals surface area contributed by atoms with Crippen molar-refractivity contribution in [3.8, 4) is 22.8 Å². The van der Waals surface area contributed by atoms with E-state index in [1.165, 1.54) is 36.5 Å². The van der Waals surface area contributed by atoms with Crippen molar-refractivity contribution in [1.82, 2.24) is 30.7 Å². The zero-order valence-corrected chi connectivity index (χ0v) is 17.9. The largest absolute Gasteiger partial charge is 0.507 e. The first-order chi connectivity index (χ1) is 15.8. The molecular formula is C18H12BrN9O5. The Morgan fingerprint density at radius 3 is 2.85 bits per heavy atom. The van der Waals surface area contributed by atoms with Gasteiger partial charge in [0, 0.05) is 27.7 Å². The Morgan fingerprint density at radius 1 is 1.30 bits per heavy atom. The molecule has 0 saturated carbocycles. The van der Waals surface area contributed by atoms with Crippen LogP contribution in [-0.2, 0) is 0 Å². The minimum atomic E-state index is -0.788. The normalized spacial score (nSPS) is 11.1. The van der Waals surface area contributed by atoms with E-state index in [4.69, 9.17) is 5.73 Å². The van der Waals surface area contributed by atoms with Gasteiger partial charge in [-0.25, -0.2) is 10.1 Å². The average molecular weight is 514 g/mol. The van der Waals surface area contributed by atoms with Crippen LogP contribution in [0.4, 0.5) is 11.5 Å². The van der Waals surface area contributed by atoms with Gasteiger partial charge in [0.1, 0.15) is 11.4 Å². The number of phenols is 1. The molecule has 0 radical (unpaired) electrons. The van der Waals surface area contributed by atoms with E-state index in [2.05, 4.69) is 51.7 Å². The van der Waals surface area contributed by atoms with Crippen LogP contribution in [0.5, 0.6) is 5.75 Å². The highest BCUT2D eigenvalue weighted by molar-refractivity contribution is 9.10. The molecule has 0 atom stereocenters. The molecule has 14 nitrogen and oxygen atoms in total. The molecule has 0 aliphatic rings. The minimum absolute atomic E-state index is 0.0408. The van der Waals surface area contributed by atoms with Crippen molar-refractivity contribution in [1.29, 1.82) is 0 Å². The van der Waals surface area contributed by atoms with Crippen LogP contribution in [0.15, 0.2) is 56.7 Å². The number of anilines is 1. The highest BCUT2D eigenvalue weighted by atomic mass is 79.9. The molecule has 2 aromatic heterocycles. The van der Waals surface area contributed by atoms with Gasteiger partial charge >= 0.3 is 0 Å². The molecule has 0 unspecified atom stereocenters. The number of hydrogen-bond donors (Lipinski definition) is 3. The van der Waals surface area contributed by atoms with E-state index in [1.54, 1.807) is 12.1 Å². The van der Waals surface area contributed by atoms with Crippen LogP contribution in [-0.4, -0.2) is 47.5 Å². The quantitative estimate of drug-likeness (QED) is 0.194. The number of nitrogens with two attached hydrogens (primary N) is 1. The van der Waals surface area contributed by atoms with Gasteiger partial charge in [-0.05, 0) is 28.5 Å². The number of nitro benzene ring substituents is 1. The van der Waals surface area contributed by atoms with E-state index >= 15 is 0 Å². The maximum Gasteiger partial charge on any atom is 0.294 e. The van der Waals surface area contributed by atoms with Crippen molar-refractivity contribution in [2.24, 2.45) is 5.10 Å². The van der Waals surface area contributed by atoms with E-state index in [9.17, 15) is 20.0 Å². The van der Waals surface area contributed by atoms with E-state index in [0.717, 1.165) is 4.68 Å². The first-order valence-corrected chi connectivity index (χ1v) is 9.75. The first-order valence-electron chi connectivity index (χ1n) is 8.96. The van der Waals surface area contributed by atoms with Crippen LogP contribution in [0.3, 0.4) is 0 Å². The topological polar surface area (TPSA) is 200 Å². The Kier molecular flexibility index (Phi) is 5.77. The second-order valence-corrected chi connectivity index (χ2v) is 7.30. The van der Waals surface area contributed by atoms with E-state index in [1.807, 2.05) is 0 Å². The zero-order valence-electron chi connectivity index (χ0n) is 16.3. The molecular weight excluding hydrogens is 502 g/mol. The molecule has 0 bridgehead atoms. The van der Waals surface area contributed by atoms with Crippen LogP contribution in [0, 0.1) is 10.1 Å². The lowest BCUT2D eigenvalue weighted by molar-refractivity contribution is -0.384. The molecule has 4 rings (SSSR count). The number of rotatable bonds is 6. The monoisotopic (exact) mass is 513 g/mol. The number of phenolic OH excluding ortho intramolecular Hbond substituents is 1. The summed E-state index contributed by atoms with van der Waals surface area (Å²) in [5, 5.41) is 39.8. The number of benzene rings is 2. The second-order valence-electron chi connectivity index (χ2n) is 6.38. The van der Waals surface area contributed by atoms with Gasteiger partial charge in [0.2, 0.25) is 11.6 Å². The third-order valence-corrected chi connectivity index (χ3v) is 4.76. The molecule has 0 saturated heterocycles. The Bertz CT molecular complexity index is 1400. The lowest BCUT2D eigenvalue weighted by atomic mass is 10.1. The number of aromatic nitrogens is 5. The summed E-state index contributed by atoms with van der Waals surface area (Å²) in [6.45, 7) is 0. The molecule has 0 spiro atoms. The Hall–Kier alpha value is -4.66. The smallest absolute Gasteiger partial charge is 0.294 e. The third-order valence-electron chi connectivity index (χ3n) is 4.27. The van der Waals surface area contributed by atoms with E-state index < -0.39 is 10.8 Å². The molecule has 0 fully saturated rings. The number of hydrogen-bond acceptors (Lipinski definition) is 11. The third kappa shape index (κ3) is 4.38. The Labute approximate surface area is 191 Å². The number of nitrogens with zero attached hydrogens (tertiary/aromatic N) is 7. The van der Waals surface area contributed by atoms with E-state index in [0.29, 0.717) is 10.0 Å². The van der Waals surface area contributed by atoms with Gasteiger partial charge in [-0.3, -0.25) is 14.9 Å². The van der Waals surface area contributed by atoms with Gasteiger partial charge in [0.15, 0.2) is 5.69 Å². The number of nitro groups is 1. The summed E-state index contributed by atoms with van der Waals surface area (Å²) < 4.78 is 6.35. The summed E-state index contributed by atoms with van der Waals surface area (Å²) in [7, 11) is 0. The maximum atomic E-state index is 12.8. The number of non-ortho nitro benzene ring substituents is 1. The predicted octanol–water partition coefficient (Wildman–Crippen LogP) is 2.04. The predicted molar refractivity (Wildman–Crippen MR) is 117 cm³/mol. The summed E-state index contributed by atoms with van der Waals surface area (Å²) in [4.78, 5) is 23.5. The number of carbonyl (C=O) groups is 1. The molecule has 0 aliphatic heterocycles. The molecule has 4 aromatic rings. The van der Waals surface area contributed by atoms with Gasteiger partial charge < -0.3 is 10.8 Å². The van der Waals surface area contributed by atoms with Gasteiger partial charge in [-0.2, -0.15) is 9.78 Å². The highest BCUT2D eigenvalue weighted by Gasteiger charge is 2.26. The van der Waals surface area contributed by atoms with Crippen LogP contribution in [0.1, 0.15) is 16.1 Å². The molecule has 4 N–H and O–H groups in total. The molecule has 0 aliphatic carbocycles. The molecule has 1 amide bonds. The fraction of sp³-hybridized carbons (Fsp3) is 0. The van der Waals surface area contributed by atoms with Crippen molar-refractivity contribution < 1.29 is 19.5 Å². The lowest BCUT2D eigenvalue weighted by Crippen LogP contribution is -2.19. The van der Waals surface area contributed by atoms with Gasteiger partial charge in [-0.15, -0.1) is 5.10 Å². The Balaban J connectivity index is 1.73. The lowest BCUT2D eigenvalue weighted by Gasteiger charge is -2.06. The van der Waals surface area contributed by atoms with Crippen LogP contribution in [0.2, 0.25) is 0 Å². The van der Waals surface area contributed by atoms with Gasteiger partial charge in [0.25, 0.3) is 11.6 Å². The van der Waals surface area contributed by atoms with Gasteiger partial charge in [0.05, 0.1) is 11.1 Å². The summed E-state index contributed by atoms with van der Waals surface area (Å²) in [6.07, 6.45) is 1.23. The number of hydrazone groups is 1. The molecule has 15 heteroatoms. The summed E-state index contributed by atoms with van der Waals surface area (Å²) in [5.74, 6) is -1.04. The molecule has 2 heterocycles. The highest BCUT2D eigenvalue weighted by Crippen LogP contribution is 2.29. The fourth-order valence-corrected chi connectivity index (χ4v) is 3.17. The maximum absolute atomic E-state index is 12.8. The van der Waals surface area contributed by atoms with Crippen molar-refractivity contribution in [2.45, 2.75) is 0 Å². The second kappa shape index (κ2) is 8.83. The summed E-state index contributed by atoms with van der Waals surface area (Å²) in [5.41, 5.74) is 8.18. The van der Waals surface area contributed by atoms with E-state index in [-0.39, 0.29) is 40.0 Å². The zero-order chi connectivity index (χ0) is 23.5. The van der Waals surface area contributed by atoms with Crippen molar-refractivity contribution in [3.05, 3.63) is 68.3 Å². The minimum Gasteiger partial charge on any atom is -0.507 e. The summed E-state index contributed by atoms with van der Waals surface area (Å²) in [6, 6.07) is 10.2. The van der Waals surface area contributed by atoms with Crippen LogP contribution < -0.4 is 11.2 Å². The average Bonchev–Trinajstić information content (AvgIpc) is 3.42. The number of halogens is 1. The number of aromatic hydroxyl groups is 1. The number of carbonyl (C=O) groups excluding carboxylic acids is 1. The number of amides is 1. The van der Waals surface area contributed by atoms with Crippen molar-refractivity contribution in [3.63, 3.8) is 0 Å². The number of nitrogen functional groups attached to an aromatic ring is 1. The summed E-state index contributed by atoms with van der Waals surface area (Å²) >= 11 is 3.27. The van der Waals surface area contributed by atoms with Crippen LogP contribution >= 0.6 is 15.9 Å². The van der Waals surface area contributed by atoms with Crippen molar-refractivity contribution >= 4 is 39.6 Å². The Morgan fingerprint density at radius 2 is 2.12 bits per heavy atom. The first kappa shape index (κ1) is 21.6. The number of nitrogens with one attached hydrogen (secondary N) is 1. The molecule has 33 heavy (non-hydrogen) atoms. The SMILES string of the molecule is Nc1nonc1-n1nnc(C(=O)NN=Cc2cc(Br)ccc2O)c1-c1cccc([N+](=O)[O-])c1. The molecule has 2 aromatic carbocycles. The van der Waals surface area contributed by atoms with Gasteiger partial charge in [-0.1, -0.05) is 33.3 Å². The van der Waals surface area contributed by atoms with Crippen molar-refractivity contribution in [2.75, 3.05) is 5.73 Å². The van der Waals surface area contributed by atoms with Crippen LogP contribution in [0.25, 0.3) is 17.1 Å². The fourth-order valence-electron chi connectivity index (χ4n) is 2.79. The standard InChI is InChI=1S/C18H12BrN9O5/c19-11-4-5-13(29)10(6-11)8-21-23-18(30)14-15(9-2-1-3-12(7-9)28(31)32)27(26-22-14)17-16(20)24-33-25-17/h1-8,29H,(H2,20,24)(H,23,30).